The number of rotatable bonds is 6. The molecule has 182 valence electrons. The summed E-state index contributed by atoms with van der Waals surface area (Å²) in [5.41, 5.74) is 5.70. The summed E-state index contributed by atoms with van der Waals surface area (Å²) in [7, 11) is 0. The first-order chi connectivity index (χ1) is 16.8. The van der Waals surface area contributed by atoms with E-state index in [9.17, 15) is 4.79 Å². The third-order valence-corrected chi connectivity index (χ3v) is 6.41. The molecule has 0 aliphatic carbocycles. The fourth-order valence-electron chi connectivity index (χ4n) is 4.03. The maximum absolute atomic E-state index is 13.0. The number of carbonyl (C=O) groups is 1. The van der Waals surface area contributed by atoms with E-state index in [-0.39, 0.29) is 11.2 Å². The Hall–Kier alpha value is -3.22. The number of nitrogens with zero attached hydrogens (tertiary/aromatic N) is 1. The van der Waals surface area contributed by atoms with Crippen molar-refractivity contribution in [2.45, 2.75) is 32.7 Å². The van der Waals surface area contributed by atoms with Gasteiger partial charge in [0, 0.05) is 42.1 Å². The summed E-state index contributed by atoms with van der Waals surface area (Å²) < 4.78 is 5.43. The summed E-state index contributed by atoms with van der Waals surface area (Å²) in [5, 5.41) is 6.96. The maximum Gasteiger partial charge on any atom is 0.193 e. The van der Waals surface area contributed by atoms with Crippen molar-refractivity contribution < 1.29 is 9.53 Å². The van der Waals surface area contributed by atoms with Crippen LogP contribution in [0.4, 0.5) is 11.4 Å². The molecule has 1 saturated heterocycles. The molecule has 1 heterocycles. The number of anilines is 2. The highest BCUT2D eigenvalue weighted by molar-refractivity contribution is 7.80. The van der Waals surface area contributed by atoms with E-state index in [2.05, 4.69) is 60.6 Å². The van der Waals surface area contributed by atoms with E-state index in [1.165, 1.54) is 11.3 Å². The van der Waals surface area contributed by atoms with Crippen molar-refractivity contribution in [3.05, 3.63) is 95.1 Å². The van der Waals surface area contributed by atoms with Gasteiger partial charge in [-0.2, -0.15) is 0 Å². The lowest BCUT2D eigenvalue weighted by Gasteiger charge is -2.28. The molecule has 4 rings (SSSR count). The fourth-order valence-corrected chi connectivity index (χ4v) is 4.22. The molecule has 0 aromatic heterocycles. The monoisotopic (exact) mass is 487 g/mol. The second-order valence-electron chi connectivity index (χ2n) is 9.81. The van der Waals surface area contributed by atoms with Crippen molar-refractivity contribution in [1.29, 1.82) is 0 Å². The minimum atomic E-state index is -0.00616. The molecule has 35 heavy (non-hydrogen) atoms. The molecule has 6 heteroatoms. The molecule has 0 atom stereocenters. The second kappa shape index (κ2) is 11.0. The van der Waals surface area contributed by atoms with Crippen LogP contribution in [-0.4, -0.2) is 37.2 Å². The van der Waals surface area contributed by atoms with Gasteiger partial charge in [0.1, 0.15) is 0 Å². The Morgan fingerprint density at radius 1 is 0.943 bits per heavy atom. The van der Waals surface area contributed by atoms with Gasteiger partial charge in [0.2, 0.25) is 0 Å². The number of ether oxygens (including phenoxy) is 1. The Morgan fingerprint density at radius 2 is 1.63 bits per heavy atom. The van der Waals surface area contributed by atoms with Gasteiger partial charge in [-0.1, -0.05) is 69.3 Å². The number of carbonyl (C=O) groups excluding carboxylic acids is 1. The van der Waals surface area contributed by atoms with Crippen LogP contribution in [0.25, 0.3) is 0 Å². The highest BCUT2D eigenvalue weighted by Crippen LogP contribution is 2.23. The summed E-state index contributed by atoms with van der Waals surface area (Å²) >= 11 is 5.49. The number of benzene rings is 3. The minimum Gasteiger partial charge on any atom is -0.378 e. The SMILES string of the molecule is CC(C)(C)c1ccc(C(=O)c2cccc(NC(=S)NCc3ccc(N4CCOCC4)cc3)c2)cc1. The molecule has 1 aliphatic rings. The standard InChI is InChI=1S/C29H33N3O2S/c1-29(2,3)24-11-9-22(10-12-24)27(33)23-5-4-6-25(19-23)31-28(35)30-20-21-7-13-26(14-8-21)32-15-17-34-18-16-32/h4-14,19H,15-18,20H2,1-3H3,(H2,30,31,35). The van der Waals surface area contributed by atoms with E-state index in [0.29, 0.717) is 22.8 Å². The molecule has 2 N–H and O–H groups in total. The molecule has 0 spiro atoms. The van der Waals surface area contributed by atoms with E-state index in [1.807, 2.05) is 48.5 Å². The Labute approximate surface area is 213 Å². The van der Waals surface area contributed by atoms with Crippen molar-refractivity contribution in [3.8, 4) is 0 Å². The Kier molecular flexibility index (Phi) is 7.83. The van der Waals surface area contributed by atoms with Crippen molar-refractivity contribution in [2.75, 3.05) is 36.5 Å². The van der Waals surface area contributed by atoms with E-state index in [1.54, 1.807) is 0 Å². The molecule has 1 fully saturated rings. The van der Waals surface area contributed by atoms with Crippen molar-refractivity contribution >= 4 is 34.5 Å². The summed E-state index contributed by atoms with van der Waals surface area (Å²) in [6.07, 6.45) is 0. The van der Waals surface area contributed by atoms with Gasteiger partial charge in [-0.05, 0) is 53.0 Å². The zero-order valence-corrected chi connectivity index (χ0v) is 21.5. The first-order valence-corrected chi connectivity index (χ1v) is 12.4. The zero-order valence-electron chi connectivity index (χ0n) is 20.6. The van der Waals surface area contributed by atoms with Crippen LogP contribution < -0.4 is 15.5 Å². The van der Waals surface area contributed by atoms with Crippen LogP contribution in [-0.2, 0) is 16.7 Å². The second-order valence-corrected chi connectivity index (χ2v) is 10.2. The predicted molar refractivity (Wildman–Crippen MR) is 148 cm³/mol. The first kappa shape index (κ1) is 24.9. The fraction of sp³-hybridized carbons (Fsp3) is 0.310. The summed E-state index contributed by atoms with van der Waals surface area (Å²) in [5.74, 6) is -0.00616. The lowest BCUT2D eigenvalue weighted by atomic mass is 9.86. The van der Waals surface area contributed by atoms with Gasteiger partial charge in [-0.3, -0.25) is 4.79 Å². The predicted octanol–water partition coefficient (Wildman–Crippen LogP) is 5.54. The van der Waals surface area contributed by atoms with E-state index in [0.717, 1.165) is 37.6 Å². The van der Waals surface area contributed by atoms with Crippen LogP contribution in [0.15, 0.2) is 72.8 Å². The number of nitrogens with one attached hydrogen (secondary N) is 2. The molecule has 3 aromatic carbocycles. The van der Waals surface area contributed by atoms with Crippen LogP contribution in [0.2, 0.25) is 0 Å². The Bertz CT molecular complexity index is 1160. The molecular weight excluding hydrogens is 454 g/mol. The highest BCUT2D eigenvalue weighted by Gasteiger charge is 2.15. The Balaban J connectivity index is 1.32. The van der Waals surface area contributed by atoms with Crippen LogP contribution >= 0.6 is 12.2 Å². The van der Waals surface area contributed by atoms with Gasteiger partial charge in [0.05, 0.1) is 13.2 Å². The van der Waals surface area contributed by atoms with Crippen LogP contribution in [0, 0.1) is 0 Å². The number of hydrogen-bond donors (Lipinski definition) is 2. The lowest BCUT2D eigenvalue weighted by molar-refractivity contribution is 0.103. The normalized spacial score (nSPS) is 13.9. The van der Waals surface area contributed by atoms with Gasteiger partial charge < -0.3 is 20.3 Å². The van der Waals surface area contributed by atoms with Gasteiger partial charge in [-0.25, -0.2) is 0 Å². The quantitative estimate of drug-likeness (QED) is 0.352. The first-order valence-electron chi connectivity index (χ1n) is 12.0. The molecular formula is C29H33N3O2S. The number of thiocarbonyl (C=S) groups is 1. The summed E-state index contributed by atoms with van der Waals surface area (Å²) in [4.78, 5) is 15.3. The number of ketones is 1. The maximum atomic E-state index is 13.0. The van der Waals surface area contributed by atoms with E-state index >= 15 is 0 Å². The highest BCUT2D eigenvalue weighted by atomic mass is 32.1. The number of morpholine rings is 1. The topological polar surface area (TPSA) is 53.6 Å². The average Bonchev–Trinajstić information content (AvgIpc) is 2.87. The van der Waals surface area contributed by atoms with E-state index in [4.69, 9.17) is 17.0 Å². The molecule has 0 unspecified atom stereocenters. The largest absolute Gasteiger partial charge is 0.378 e. The third-order valence-electron chi connectivity index (χ3n) is 6.16. The molecule has 0 radical (unpaired) electrons. The summed E-state index contributed by atoms with van der Waals surface area (Å²) in [6, 6.07) is 23.8. The van der Waals surface area contributed by atoms with E-state index < -0.39 is 0 Å². The average molecular weight is 488 g/mol. The van der Waals surface area contributed by atoms with Crippen molar-refractivity contribution in [3.63, 3.8) is 0 Å². The van der Waals surface area contributed by atoms with Gasteiger partial charge in [0.25, 0.3) is 0 Å². The smallest absolute Gasteiger partial charge is 0.193 e. The lowest BCUT2D eigenvalue weighted by Crippen LogP contribution is -2.36. The summed E-state index contributed by atoms with van der Waals surface area (Å²) in [6.45, 7) is 10.5. The molecule has 0 amide bonds. The zero-order chi connectivity index (χ0) is 24.8. The van der Waals surface area contributed by atoms with Crippen LogP contribution in [0.3, 0.4) is 0 Å². The number of hydrogen-bond acceptors (Lipinski definition) is 4. The van der Waals surface area contributed by atoms with Crippen LogP contribution in [0.5, 0.6) is 0 Å². The molecule has 1 aliphatic heterocycles. The third kappa shape index (κ3) is 6.68. The molecule has 5 nitrogen and oxygen atoms in total. The Morgan fingerprint density at radius 3 is 2.29 bits per heavy atom. The van der Waals surface area contributed by atoms with Gasteiger partial charge in [0.15, 0.2) is 10.9 Å². The van der Waals surface area contributed by atoms with Gasteiger partial charge >= 0.3 is 0 Å². The molecule has 0 bridgehead atoms. The van der Waals surface area contributed by atoms with Gasteiger partial charge in [-0.15, -0.1) is 0 Å². The van der Waals surface area contributed by atoms with Crippen molar-refractivity contribution in [1.82, 2.24) is 5.32 Å². The van der Waals surface area contributed by atoms with Crippen molar-refractivity contribution in [2.24, 2.45) is 0 Å². The molecule has 3 aromatic rings. The molecule has 0 saturated carbocycles. The van der Waals surface area contributed by atoms with Crippen LogP contribution in [0.1, 0.15) is 47.8 Å². The minimum absolute atomic E-state index is 0.00616.